The molecule has 1 aromatic heterocycles. The molecule has 0 N–H and O–H groups in total. The zero-order valence-electron chi connectivity index (χ0n) is 12.6. The van der Waals surface area contributed by atoms with Crippen LogP contribution in [0.3, 0.4) is 0 Å². The van der Waals surface area contributed by atoms with Crippen LogP contribution < -0.4 is 4.57 Å². The van der Waals surface area contributed by atoms with E-state index in [-0.39, 0.29) is 0 Å². The van der Waals surface area contributed by atoms with Crippen molar-refractivity contribution in [2.75, 3.05) is 0 Å². The average molecular weight is 262 g/mol. The Morgan fingerprint density at radius 3 is 2.25 bits per heavy atom. The highest BCUT2D eigenvalue weighted by Gasteiger charge is 2.14. The lowest BCUT2D eigenvalue weighted by Gasteiger charge is -2.07. The molecule has 0 aliphatic rings. The number of fused-ring (bicyclic) bond motifs is 1. The van der Waals surface area contributed by atoms with Crippen LogP contribution in [0.2, 0.25) is 0 Å². The summed E-state index contributed by atoms with van der Waals surface area (Å²) in [4.78, 5) is 0. The molecule has 3 rings (SSSR count). The molecule has 1 heterocycles. The second kappa shape index (κ2) is 4.75. The van der Waals surface area contributed by atoms with Gasteiger partial charge in [0.05, 0.1) is 0 Å². The fraction of sp³-hybridized carbons (Fsp3) is 0.211. The van der Waals surface area contributed by atoms with E-state index in [2.05, 4.69) is 81.0 Å². The van der Waals surface area contributed by atoms with Gasteiger partial charge in [-0.2, -0.15) is 0 Å². The zero-order chi connectivity index (χ0) is 14.3. The smallest absolute Gasteiger partial charge is 0.200 e. The minimum absolute atomic E-state index is 1.27. The summed E-state index contributed by atoms with van der Waals surface area (Å²) in [6.07, 6.45) is 2.21. The maximum absolute atomic E-state index is 2.30. The molecular weight excluding hydrogens is 242 g/mol. The summed E-state index contributed by atoms with van der Waals surface area (Å²) in [5, 5.41) is 2.59. The van der Waals surface area contributed by atoms with Crippen LogP contribution in [0.25, 0.3) is 22.0 Å². The van der Waals surface area contributed by atoms with E-state index in [0.717, 1.165) is 0 Å². The minimum atomic E-state index is 1.27. The summed E-state index contributed by atoms with van der Waals surface area (Å²) in [6, 6.07) is 15.5. The Kier molecular flexibility index (Phi) is 3.06. The molecule has 0 unspecified atom stereocenters. The van der Waals surface area contributed by atoms with Gasteiger partial charge in [-0.3, -0.25) is 0 Å². The Morgan fingerprint density at radius 2 is 1.45 bits per heavy atom. The van der Waals surface area contributed by atoms with Crippen molar-refractivity contribution in [3.05, 3.63) is 65.4 Å². The first-order chi connectivity index (χ1) is 9.54. The molecule has 0 aliphatic carbocycles. The third-order valence-electron chi connectivity index (χ3n) is 3.92. The van der Waals surface area contributed by atoms with Crippen LogP contribution in [0.1, 0.15) is 16.7 Å². The molecule has 2 aromatic carbocycles. The highest BCUT2D eigenvalue weighted by Crippen LogP contribution is 2.25. The highest BCUT2D eigenvalue weighted by atomic mass is 14.9. The Bertz CT molecular complexity index is 800. The summed E-state index contributed by atoms with van der Waals surface area (Å²) >= 11 is 0. The Labute approximate surface area is 120 Å². The monoisotopic (exact) mass is 262 g/mol. The first-order valence-electron chi connectivity index (χ1n) is 7.02. The zero-order valence-corrected chi connectivity index (χ0v) is 12.6. The molecule has 20 heavy (non-hydrogen) atoms. The molecule has 0 spiro atoms. The summed E-state index contributed by atoms with van der Waals surface area (Å²) in [6.45, 7) is 6.47. The number of benzene rings is 2. The first kappa shape index (κ1) is 12.9. The van der Waals surface area contributed by atoms with E-state index in [4.69, 9.17) is 0 Å². The number of pyridine rings is 1. The van der Waals surface area contributed by atoms with Crippen LogP contribution in [0.5, 0.6) is 0 Å². The Hall–Kier alpha value is -2.15. The quantitative estimate of drug-likeness (QED) is 0.577. The van der Waals surface area contributed by atoms with Gasteiger partial charge in [0, 0.05) is 17.0 Å². The molecule has 0 saturated carbocycles. The molecule has 0 radical (unpaired) electrons. The lowest BCUT2D eigenvalue weighted by molar-refractivity contribution is -0.659. The van der Waals surface area contributed by atoms with Crippen molar-refractivity contribution in [3.8, 4) is 11.3 Å². The molecule has 1 heteroatoms. The fourth-order valence-corrected chi connectivity index (χ4v) is 2.74. The van der Waals surface area contributed by atoms with Crippen LogP contribution in [-0.4, -0.2) is 0 Å². The van der Waals surface area contributed by atoms with Gasteiger partial charge in [0.1, 0.15) is 7.05 Å². The molecular formula is C19H20N+. The molecule has 0 amide bonds. The molecule has 0 aliphatic heterocycles. The number of aryl methyl sites for hydroxylation is 4. The predicted octanol–water partition coefficient (Wildman–Crippen LogP) is 4.26. The Balaban J connectivity index is 2.30. The standard InChI is InChI=1S/C19H20N/c1-13-6-8-16-12-20(4)19(11-17(16)9-13)18-10-14(2)5-7-15(18)3/h5-12H,1-4H3/q+1. The molecule has 1 nitrogen and oxygen atoms in total. The van der Waals surface area contributed by atoms with Crippen LogP contribution in [0, 0.1) is 20.8 Å². The minimum Gasteiger partial charge on any atom is -0.200 e. The van der Waals surface area contributed by atoms with Gasteiger partial charge in [-0.05, 0) is 43.9 Å². The van der Waals surface area contributed by atoms with Crippen molar-refractivity contribution in [2.24, 2.45) is 7.05 Å². The number of hydrogen-bond acceptors (Lipinski definition) is 0. The molecule has 100 valence electrons. The van der Waals surface area contributed by atoms with E-state index < -0.39 is 0 Å². The number of aromatic nitrogens is 1. The normalized spacial score (nSPS) is 11.0. The van der Waals surface area contributed by atoms with E-state index in [1.54, 1.807) is 0 Å². The van der Waals surface area contributed by atoms with E-state index in [9.17, 15) is 0 Å². The average Bonchev–Trinajstić information content (AvgIpc) is 2.41. The van der Waals surface area contributed by atoms with Crippen molar-refractivity contribution in [3.63, 3.8) is 0 Å². The van der Waals surface area contributed by atoms with Crippen LogP contribution in [0.15, 0.2) is 48.7 Å². The summed E-state index contributed by atoms with van der Waals surface area (Å²) in [7, 11) is 2.12. The third kappa shape index (κ3) is 2.20. The maximum atomic E-state index is 2.30. The first-order valence-corrected chi connectivity index (χ1v) is 7.02. The van der Waals surface area contributed by atoms with Gasteiger partial charge in [-0.15, -0.1) is 0 Å². The van der Waals surface area contributed by atoms with Gasteiger partial charge in [-0.1, -0.05) is 35.4 Å². The van der Waals surface area contributed by atoms with Crippen molar-refractivity contribution in [2.45, 2.75) is 20.8 Å². The highest BCUT2D eigenvalue weighted by molar-refractivity contribution is 5.84. The van der Waals surface area contributed by atoms with E-state index >= 15 is 0 Å². The summed E-state index contributed by atoms with van der Waals surface area (Å²) in [5.41, 5.74) is 6.51. The van der Waals surface area contributed by atoms with Gasteiger partial charge < -0.3 is 0 Å². The lowest BCUT2D eigenvalue weighted by atomic mass is 10.00. The third-order valence-corrected chi connectivity index (χ3v) is 3.92. The second-order valence-corrected chi connectivity index (χ2v) is 5.72. The van der Waals surface area contributed by atoms with Crippen molar-refractivity contribution < 1.29 is 4.57 Å². The molecule has 0 bridgehead atoms. The summed E-state index contributed by atoms with van der Waals surface area (Å²) in [5.74, 6) is 0. The van der Waals surface area contributed by atoms with Gasteiger partial charge in [0.25, 0.3) is 0 Å². The Morgan fingerprint density at radius 1 is 0.750 bits per heavy atom. The molecule has 0 saturated heterocycles. The number of nitrogens with zero attached hydrogens (tertiary/aromatic N) is 1. The van der Waals surface area contributed by atoms with Gasteiger partial charge >= 0.3 is 0 Å². The number of rotatable bonds is 1. The topological polar surface area (TPSA) is 3.88 Å². The van der Waals surface area contributed by atoms with Gasteiger partial charge in [-0.25, -0.2) is 4.57 Å². The van der Waals surface area contributed by atoms with E-state index in [0.29, 0.717) is 0 Å². The van der Waals surface area contributed by atoms with Crippen LogP contribution >= 0.6 is 0 Å². The largest absolute Gasteiger partial charge is 0.213 e. The molecule has 0 atom stereocenters. The molecule has 0 fully saturated rings. The fourth-order valence-electron chi connectivity index (χ4n) is 2.74. The van der Waals surface area contributed by atoms with E-state index in [1.807, 2.05) is 0 Å². The molecule has 3 aromatic rings. The predicted molar refractivity (Wildman–Crippen MR) is 84.8 cm³/mol. The SMILES string of the molecule is Cc1ccc(C)c(-c2cc3cc(C)ccc3c[n+]2C)c1. The van der Waals surface area contributed by atoms with Crippen molar-refractivity contribution in [1.82, 2.24) is 0 Å². The van der Waals surface area contributed by atoms with Gasteiger partial charge in [0.15, 0.2) is 6.20 Å². The summed E-state index contributed by atoms with van der Waals surface area (Å²) < 4.78 is 2.22. The van der Waals surface area contributed by atoms with Crippen molar-refractivity contribution in [1.29, 1.82) is 0 Å². The lowest BCUT2D eigenvalue weighted by Crippen LogP contribution is -2.30. The van der Waals surface area contributed by atoms with Crippen molar-refractivity contribution >= 4 is 10.8 Å². The van der Waals surface area contributed by atoms with Gasteiger partial charge in [0.2, 0.25) is 5.69 Å². The second-order valence-electron chi connectivity index (χ2n) is 5.72. The number of hydrogen-bond donors (Lipinski definition) is 0. The van der Waals surface area contributed by atoms with Crippen LogP contribution in [-0.2, 0) is 7.05 Å². The van der Waals surface area contributed by atoms with Crippen LogP contribution in [0.4, 0.5) is 0 Å². The maximum Gasteiger partial charge on any atom is 0.213 e. The van der Waals surface area contributed by atoms with E-state index in [1.165, 1.54) is 38.7 Å².